The molecule has 0 bridgehead atoms. The smallest absolute Gasteiger partial charge is 0.277 e. The molecule has 2 heterocycles. The summed E-state index contributed by atoms with van der Waals surface area (Å²) in [6.07, 6.45) is 3.33. The van der Waals surface area contributed by atoms with Gasteiger partial charge in [-0.3, -0.25) is 19.1 Å². The molecule has 0 unspecified atom stereocenters. The molecular formula is C18H20ClN3O5S. The second-order valence-electron chi connectivity index (χ2n) is 6.68. The number of hydrogen-bond acceptors (Lipinski definition) is 6. The van der Waals surface area contributed by atoms with Crippen molar-refractivity contribution in [2.75, 3.05) is 24.2 Å². The fourth-order valence-electron chi connectivity index (χ4n) is 3.30. The Kier molecular flexibility index (Phi) is 5.49. The molecule has 1 aliphatic heterocycles. The van der Waals surface area contributed by atoms with Crippen molar-refractivity contribution in [1.29, 1.82) is 0 Å². The van der Waals surface area contributed by atoms with Crippen molar-refractivity contribution in [2.24, 2.45) is 0 Å². The highest BCUT2D eigenvalue weighted by Gasteiger charge is 2.29. The molecular weight excluding hydrogens is 406 g/mol. The molecule has 8 nitrogen and oxygen atoms in total. The summed E-state index contributed by atoms with van der Waals surface area (Å²) in [7, 11) is -3.66. The lowest BCUT2D eigenvalue weighted by Crippen LogP contribution is -2.36. The number of benzene rings is 1. The van der Waals surface area contributed by atoms with Gasteiger partial charge in [-0.25, -0.2) is 8.42 Å². The van der Waals surface area contributed by atoms with E-state index in [0.717, 1.165) is 6.26 Å². The molecule has 28 heavy (non-hydrogen) atoms. The van der Waals surface area contributed by atoms with E-state index < -0.39 is 21.2 Å². The molecule has 0 atom stereocenters. The van der Waals surface area contributed by atoms with Crippen LogP contribution in [0.5, 0.6) is 0 Å². The Labute approximate surface area is 167 Å². The third-order valence-electron chi connectivity index (χ3n) is 4.69. The maximum atomic E-state index is 12.9. The summed E-state index contributed by atoms with van der Waals surface area (Å²) in [6.45, 7) is 2.59. The molecule has 1 saturated heterocycles. The van der Waals surface area contributed by atoms with Crippen LogP contribution in [0.3, 0.4) is 0 Å². The van der Waals surface area contributed by atoms with Crippen LogP contribution in [0.1, 0.15) is 35.7 Å². The van der Waals surface area contributed by atoms with Gasteiger partial charge in [-0.15, -0.1) is 0 Å². The van der Waals surface area contributed by atoms with Crippen LogP contribution in [0.4, 0.5) is 5.69 Å². The van der Waals surface area contributed by atoms with Crippen LogP contribution in [-0.4, -0.2) is 49.1 Å². The van der Waals surface area contributed by atoms with Gasteiger partial charge in [0.2, 0.25) is 5.78 Å². The van der Waals surface area contributed by atoms with E-state index in [1.54, 1.807) is 11.8 Å². The molecule has 10 heteroatoms. The predicted octanol–water partition coefficient (Wildman–Crippen LogP) is 1.65. The van der Waals surface area contributed by atoms with Crippen LogP contribution in [0.25, 0.3) is 0 Å². The number of rotatable bonds is 5. The van der Waals surface area contributed by atoms with E-state index in [4.69, 9.17) is 11.6 Å². The van der Waals surface area contributed by atoms with E-state index in [9.17, 15) is 22.8 Å². The van der Waals surface area contributed by atoms with Gasteiger partial charge in [0, 0.05) is 37.5 Å². The monoisotopic (exact) mass is 425 g/mol. The van der Waals surface area contributed by atoms with Crippen molar-refractivity contribution in [1.82, 2.24) is 9.78 Å². The number of aromatic amines is 1. The predicted molar refractivity (Wildman–Crippen MR) is 105 cm³/mol. The lowest BCUT2D eigenvalue weighted by molar-refractivity contribution is -0.118. The summed E-state index contributed by atoms with van der Waals surface area (Å²) in [6, 6.07) is 2.60. The zero-order valence-corrected chi connectivity index (χ0v) is 17.1. The van der Waals surface area contributed by atoms with E-state index in [1.165, 1.54) is 23.0 Å². The number of ketones is 2. The van der Waals surface area contributed by atoms with E-state index in [2.05, 4.69) is 5.10 Å². The van der Waals surface area contributed by atoms with Gasteiger partial charge in [-0.2, -0.15) is 0 Å². The van der Waals surface area contributed by atoms with Gasteiger partial charge >= 0.3 is 0 Å². The van der Waals surface area contributed by atoms with Gasteiger partial charge in [-0.1, -0.05) is 11.6 Å². The van der Waals surface area contributed by atoms with Crippen LogP contribution in [0.15, 0.2) is 28.0 Å². The Morgan fingerprint density at radius 2 is 1.96 bits per heavy atom. The third-order valence-corrected chi connectivity index (χ3v) is 6.20. The zero-order chi connectivity index (χ0) is 20.6. The SMILES string of the molecule is CCn1[nH]cc(C(=O)c2ccc(S(C)(=O)=O)c(N3CCCC(=O)C3)c2Cl)c1=O. The van der Waals surface area contributed by atoms with Gasteiger partial charge in [0.1, 0.15) is 5.56 Å². The molecule has 0 spiro atoms. The lowest BCUT2D eigenvalue weighted by Gasteiger charge is -2.30. The molecule has 1 aromatic carbocycles. The Balaban J connectivity index is 2.17. The van der Waals surface area contributed by atoms with E-state index in [-0.39, 0.29) is 39.1 Å². The van der Waals surface area contributed by atoms with Crippen molar-refractivity contribution >= 4 is 38.7 Å². The normalized spacial score (nSPS) is 15.1. The Morgan fingerprint density at radius 3 is 2.54 bits per heavy atom. The number of aryl methyl sites for hydroxylation is 1. The average Bonchev–Trinajstić information content (AvgIpc) is 3.00. The number of halogens is 1. The summed E-state index contributed by atoms with van der Waals surface area (Å²) >= 11 is 6.48. The minimum Gasteiger partial charge on any atom is -0.362 e. The Hall–Kier alpha value is -2.39. The Morgan fingerprint density at radius 1 is 1.25 bits per heavy atom. The van der Waals surface area contributed by atoms with E-state index in [1.807, 2.05) is 0 Å². The molecule has 1 fully saturated rings. The topological polar surface area (TPSA) is 109 Å². The number of nitrogens with zero attached hydrogens (tertiary/aromatic N) is 2. The molecule has 0 radical (unpaired) electrons. The second kappa shape index (κ2) is 7.56. The number of Topliss-reactive ketones (excluding diaryl/α,β-unsaturated/α-hetero) is 1. The highest BCUT2D eigenvalue weighted by molar-refractivity contribution is 7.90. The van der Waals surface area contributed by atoms with Gasteiger partial charge in [0.25, 0.3) is 5.56 Å². The van der Waals surface area contributed by atoms with Crippen molar-refractivity contribution in [3.63, 3.8) is 0 Å². The van der Waals surface area contributed by atoms with Crippen molar-refractivity contribution in [2.45, 2.75) is 31.2 Å². The average molecular weight is 426 g/mol. The number of aromatic nitrogens is 2. The maximum Gasteiger partial charge on any atom is 0.277 e. The molecule has 0 amide bonds. The van der Waals surface area contributed by atoms with Crippen LogP contribution < -0.4 is 10.5 Å². The van der Waals surface area contributed by atoms with Crippen LogP contribution in [0, 0.1) is 0 Å². The van der Waals surface area contributed by atoms with Crippen LogP contribution >= 0.6 is 11.6 Å². The number of sulfone groups is 1. The van der Waals surface area contributed by atoms with Crippen molar-refractivity contribution < 1.29 is 18.0 Å². The van der Waals surface area contributed by atoms with Gasteiger partial charge in [0.05, 0.1) is 22.2 Å². The molecule has 0 saturated carbocycles. The molecule has 150 valence electrons. The summed E-state index contributed by atoms with van der Waals surface area (Å²) in [5.74, 6) is -0.641. The first-order chi connectivity index (χ1) is 13.1. The summed E-state index contributed by atoms with van der Waals surface area (Å²) in [5, 5.41) is 2.63. The molecule has 1 aromatic heterocycles. The summed E-state index contributed by atoms with van der Waals surface area (Å²) < 4.78 is 25.8. The Bertz CT molecular complexity index is 1120. The van der Waals surface area contributed by atoms with E-state index >= 15 is 0 Å². The quantitative estimate of drug-likeness (QED) is 0.729. The van der Waals surface area contributed by atoms with Gasteiger partial charge in [0.15, 0.2) is 15.6 Å². The fraction of sp³-hybridized carbons (Fsp3) is 0.389. The number of anilines is 1. The van der Waals surface area contributed by atoms with E-state index in [0.29, 0.717) is 25.9 Å². The molecule has 0 aliphatic carbocycles. The van der Waals surface area contributed by atoms with Gasteiger partial charge in [-0.05, 0) is 25.5 Å². The standard InChI is InChI=1S/C18H20ClN3O5S/c1-3-22-18(25)13(9-20-22)17(24)12-6-7-14(28(2,26)27)16(15(12)19)21-8-4-5-11(23)10-21/h6-7,9,20H,3-5,8,10H2,1-2H3. The zero-order valence-electron chi connectivity index (χ0n) is 15.5. The number of H-pyrrole nitrogens is 1. The summed E-state index contributed by atoms with van der Waals surface area (Å²) in [4.78, 5) is 38.6. The highest BCUT2D eigenvalue weighted by Crippen LogP contribution is 2.37. The van der Waals surface area contributed by atoms with Crippen molar-refractivity contribution in [3.8, 4) is 0 Å². The molecule has 2 aromatic rings. The minimum atomic E-state index is -3.66. The first-order valence-corrected chi connectivity index (χ1v) is 11.0. The number of piperidine rings is 1. The first kappa shape index (κ1) is 20.3. The molecule has 1 N–H and O–H groups in total. The number of hydrogen-bond donors (Lipinski definition) is 1. The number of nitrogens with one attached hydrogen (secondary N) is 1. The van der Waals surface area contributed by atoms with Crippen LogP contribution in [0.2, 0.25) is 5.02 Å². The fourth-order valence-corrected chi connectivity index (χ4v) is 4.62. The lowest BCUT2D eigenvalue weighted by atomic mass is 10.0. The number of carbonyl (C=O) groups is 2. The third kappa shape index (κ3) is 3.64. The second-order valence-corrected chi connectivity index (χ2v) is 9.04. The molecule has 1 aliphatic rings. The minimum absolute atomic E-state index is 0.0152. The van der Waals surface area contributed by atoms with Crippen molar-refractivity contribution in [3.05, 3.63) is 44.8 Å². The number of carbonyl (C=O) groups excluding carboxylic acids is 2. The largest absolute Gasteiger partial charge is 0.362 e. The summed E-state index contributed by atoms with van der Waals surface area (Å²) in [5.41, 5.74) is -0.419. The highest BCUT2D eigenvalue weighted by atomic mass is 35.5. The maximum absolute atomic E-state index is 12.9. The first-order valence-electron chi connectivity index (χ1n) is 8.77. The molecule has 3 rings (SSSR count). The van der Waals surface area contributed by atoms with Gasteiger partial charge < -0.3 is 10.00 Å². The van der Waals surface area contributed by atoms with Crippen LogP contribution in [-0.2, 0) is 21.2 Å².